The van der Waals surface area contributed by atoms with Crippen molar-refractivity contribution in [3.05, 3.63) is 47.5 Å². The Morgan fingerprint density at radius 3 is 2.62 bits per heavy atom. The first-order valence-electron chi connectivity index (χ1n) is 8.75. The summed E-state index contributed by atoms with van der Waals surface area (Å²) in [4.78, 5) is 14.4. The van der Waals surface area contributed by atoms with Crippen molar-refractivity contribution in [1.29, 1.82) is 0 Å². The van der Waals surface area contributed by atoms with Crippen LogP contribution in [0.1, 0.15) is 39.2 Å². The molecule has 1 aromatic rings. The maximum Gasteiger partial charge on any atom is 0.411 e. The van der Waals surface area contributed by atoms with Crippen LogP contribution in [-0.4, -0.2) is 41.9 Å². The smallest absolute Gasteiger partial charge is 0.411 e. The number of ether oxygens (including phenoxy) is 2. The largest absolute Gasteiger partial charge is 0.444 e. The highest BCUT2D eigenvalue weighted by Crippen LogP contribution is 2.30. The standard InChI is InChI=1S/C20H27NO3/c1-20(2,3)24-19(22)21-17-11-16(12-18(21)14-23-13-17)10-9-15-7-5-4-6-8-15/h4-8,11,17-18H,9-10,12-14H2,1-3H3. The van der Waals surface area contributed by atoms with Crippen molar-refractivity contribution < 1.29 is 14.3 Å². The number of rotatable bonds is 3. The highest BCUT2D eigenvalue weighted by Gasteiger charge is 2.39. The van der Waals surface area contributed by atoms with Gasteiger partial charge in [0.1, 0.15) is 5.60 Å². The fraction of sp³-hybridized carbons (Fsp3) is 0.550. The zero-order chi connectivity index (χ0) is 17.2. The highest BCUT2D eigenvalue weighted by atomic mass is 16.6. The molecule has 0 N–H and O–H groups in total. The summed E-state index contributed by atoms with van der Waals surface area (Å²) in [5.41, 5.74) is 2.31. The molecule has 2 aliphatic rings. The van der Waals surface area contributed by atoms with E-state index in [0.29, 0.717) is 13.2 Å². The van der Waals surface area contributed by atoms with E-state index >= 15 is 0 Å². The van der Waals surface area contributed by atoms with E-state index in [0.717, 1.165) is 19.3 Å². The van der Waals surface area contributed by atoms with Gasteiger partial charge in [0.2, 0.25) is 0 Å². The fourth-order valence-corrected chi connectivity index (χ4v) is 3.42. The summed E-state index contributed by atoms with van der Waals surface area (Å²) in [6.45, 7) is 6.87. The van der Waals surface area contributed by atoms with Gasteiger partial charge in [-0.25, -0.2) is 4.79 Å². The third-order valence-corrected chi connectivity index (χ3v) is 4.46. The molecule has 130 valence electrons. The highest BCUT2D eigenvalue weighted by molar-refractivity contribution is 5.70. The van der Waals surface area contributed by atoms with E-state index in [1.807, 2.05) is 31.7 Å². The van der Waals surface area contributed by atoms with Gasteiger partial charge in [-0.05, 0) is 45.6 Å². The van der Waals surface area contributed by atoms with Crippen LogP contribution in [0.4, 0.5) is 4.79 Å². The molecule has 1 amide bonds. The molecule has 2 bridgehead atoms. The van der Waals surface area contributed by atoms with Crippen LogP contribution in [-0.2, 0) is 15.9 Å². The second-order valence-corrected chi connectivity index (χ2v) is 7.66. The molecular weight excluding hydrogens is 302 g/mol. The fourth-order valence-electron chi connectivity index (χ4n) is 3.42. The molecule has 0 saturated carbocycles. The number of benzene rings is 1. The molecule has 2 heterocycles. The minimum Gasteiger partial charge on any atom is -0.444 e. The number of morpholine rings is 1. The summed E-state index contributed by atoms with van der Waals surface area (Å²) in [7, 11) is 0. The number of hydrogen-bond donors (Lipinski definition) is 0. The van der Waals surface area contributed by atoms with Crippen molar-refractivity contribution in [2.75, 3.05) is 13.2 Å². The summed E-state index contributed by atoms with van der Waals surface area (Å²) in [6.07, 6.45) is 4.95. The van der Waals surface area contributed by atoms with Crippen molar-refractivity contribution in [3.8, 4) is 0 Å². The number of amides is 1. The van der Waals surface area contributed by atoms with E-state index in [1.54, 1.807) is 0 Å². The topological polar surface area (TPSA) is 38.8 Å². The lowest BCUT2D eigenvalue weighted by molar-refractivity contribution is -0.0537. The maximum atomic E-state index is 12.5. The summed E-state index contributed by atoms with van der Waals surface area (Å²) >= 11 is 0. The van der Waals surface area contributed by atoms with Gasteiger partial charge in [0.15, 0.2) is 0 Å². The Balaban J connectivity index is 1.67. The lowest BCUT2D eigenvalue weighted by Crippen LogP contribution is -2.57. The molecule has 4 nitrogen and oxygen atoms in total. The molecule has 4 heteroatoms. The zero-order valence-electron chi connectivity index (χ0n) is 14.8. The van der Waals surface area contributed by atoms with Gasteiger partial charge in [-0.2, -0.15) is 0 Å². The van der Waals surface area contributed by atoms with Crippen LogP contribution in [0.2, 0.25) is 0 Å². The zero-order valence-corrected chi connectivity index (χ0v) is 14.8. The van der Waals surface area contributed by atoms with Crippen molar-refractivity contribution >= 4 is 6.09 Å². The van der Waals surface area contributed by atoms with Gasteiger partial charge in [-0.15, -0.1) is 0 Å². The van der Waals surface area contributed by atoms with Gasteiger partial charge < -0.3 is 9.47 Å². The molecule has 2 atom stereocenters. The van der Waals surface area contributed by atoms with E-state index in [-0.39, 0.29) is 18.2 Å². The predicted octanol–water partition coefficient (Wildman–Crippen LogP) is 3.95. The predicted molar refractivity (Wildman–Crippen MR) is 93.9 cm³/mol. The van der Waals surface area contributed by atoms with Crippen LogP contribution in [0.15, 0.2) is 42.0 Å². The van der Waals surface area contributed by atoms with Gasteiger partial charge in [-0.1, -0.05) is 42.0 Å². The molecule has 3 rings (SSSR count). The van der Waals surface area contributed by atoms with Gasteiger partial charge >= 0.3 is 6.09 Å². The number of fused-ring (bicyclic) bond motifs is 2. The first kappa shape index (κ1) is 17.0. The number of carbonyl (C=O) groups excluding carboxylic acids is 1. The van der Waals surface area contributed by atoms with Gasteiger partial charge in [-0.3, -0.25) is 4.90 Å². The van der Waals surface area contributed by atoms with Gasteiger partial charge in [0, 0.05) is 0 Å². The number of carbonyl (C=O) groups is 1. The van der Waals surface area contributed by atoms with Crippen molar-refractivity contribution in [3.63, 3.8) is 0 Å². The summed E-state index contributed by atoms with van der Waals surface area (Å²) in [6, 6.07) is 10.6. The molecule has 2 aliphatic heterocycles. The molecule has 0 radical (unpaired) electrons. The second kappa shape index (κ2) is 6.98. The van der Waals surface area contributed by atoms with Crippen LogP contribution in [0.25, 0.3) is 0 Å². The molecule has 0 aliphatic carbocycles. The number of aryl methyl sites for hydroxylation is 1. The Hall–Kier alpha value is -1.81. The van der Waals surface area contributed by atoms with E-state index in [4.69, 9.17) is 9.47 Å². The average molecular weight is 329 g/mol. The van der Waals surface area contributed by atoms with Gasteiger partial charge in [0.25, 0.3) is 0 Å². The van der Waals surface area contributed by atoms with Crippen LogP contribution in [0.3, 0.4) is 0 Å². The monoisotopic (exact) mass is 329 g/mol. The molecule has 1 saturated heterocycles. The Morgan fingerprint density at radius 1 is 1.21 bits per heavy atom. The lowest BCUT2D eigenvalue weighted by atomic mass is 9.91. The van der Waals surface area contributed by atoms with Crippen molar-refractivity contribution in [2.24, 2.45) is 0 Å². The number of nitrogens with zero attached hydrogens (tertiary/aromatic N) is 1. The first-order chi connectivity index (χ1) is 11.4. The Bertz CT molecular complexity index is 603. The Labute approximate surface area is 144 Å². The van der Waals surface area contributed by atoms with E-state index in [1.165, 1.54) is 11.1 Å². The molecule has 1 fully saturated rings. The quantitative estimate of drug-likeness (QED) is 0.788. The first-order valence-corrected chi connectivity index (χ1v) is 8.75. The van der Waals surface area contributed by atoms with Crippen LogP contribution >= 0.6 is 0 Å². The van der Waals surface area contributed by atoms with E-state index in [2.05, 4.69) is 30.3 Å². The van der Waals surface area contributed by atoms with Crippen molar-refractivity contribution in [2.45, 2.75) is 57.7 Å². The van der Waals surface area contributed by atoms with Gasteiger partial charge in [0.05, 0.1) is 25.3 Å². The SMILES string of the molecule is CC(C)(C)OC(=O)N1C2C=C(CCc3ccccc3)CC1COC2. The molecule has 0 aromatic heterocycles. The van der Waals surface area contributed by atoms with Crippen molar-refractivity contribution in [1.82, 2.24) is 4.90 Å². The molecule has 24 heavy (non-hydrogen) atoms. The third-order valence-electron chi connectivity index (χ3n) is 4.46. The Kier molecular flexibility index (Phi) is 4.95. The molecule has 1 aromatic carbocycles. The number of hydrogen-bond acceptors (Lipinski definition) is 3. The van der Waals surface area contributed by atoms with Crippen LogP contribution < -0.4 is 0 Å². The minimum atomic E-state index is -0.469. The summed E-state index contributed by atoms with van der Waals surface area (Å²) < 4.78 is 11.2. The lowest BCUT2D eigenvalue weighted by Gasteiger charge is -2.44. The molecular formula is C20H27NO3. The van der Waals surface area contributed by atoms with Crippen LogP contribution in [0, 0.1) is 0 Å². The average Bonchev–Trinajstić information content (AvgIpc) is 2.51. The summed E-state index contributed by atoms with van der Waals surface area (Å²) in [5, 5.41) is 0. The Morgan fingerprint density at radius 2 is 1.96 bits per heavy atom. The third kappa shape index (κ3) is 4.18. The second-order valence-electron chi connectivity index (χ2n) is 7.66. The molecule has 0 spiro atoms. The molecule has 2 unspecified atom stereocenters. The van der Waals surface area contributed by atoms with E-state index < -0.39 is 5.60 Å². The normalized spacial score (nSPS) is 23.6. The summed E-state index contributed by atoms with van der Waals surface area (Å²) in [5.74, 6) is 0. The maximum absolute atomic E-state index is 12.5. The minimum absolute atomic E-state index is 0.00174. The van der Waals surface area contributed by atoms with E-state index in [9.17, 15) is 4.79 Å². The van der Waals surface area contributed by atoms with Crippen LogP contribution in [0.5, 0.6) is 0 Å².